The van der Waals surface area contributed by atoms with Gasteiger partial charge in [-0.2, -0.15) is 6.20 Å². The first-order valence-corrected chi connectivity index (χ1v) is 11.2. The molecule has 2 heterocycles. The molecule has 29 heavy (non-hydrogen) atoms. The quantitative estimate of drug-likeness (QED) is 0.165. The Morgan fingerprint density at radius 3 is 2.03 bits per heavy atom. The van der Waals surface area contributed by atoms with Gasteiger partial charge < -0.3 is 35.9 Å². The van der Waals surface area contributed by atoms with Crippen molar-refractivity contribution in [1.29, 1.82) is 10.5 Å². The molecule has 1 saturated heterocycles. The molecule has 0 amide bonds. The van der Waals surface area contributed by atoms with Crippen LogP contribution in [-0.2, 0) is 42.3 Å². The molecule has 1 fully saturated rings. The number of hydrogen-bond acceptors (Lipinski definition) is 4. The summed E-state index contributed by atoms with van der Waals surface area (Å²) in [5, 5.41) is 25.4. The van der Waals surface area contributed by atoms with E-state index in [2.05, 4.69) is 61.9 Å². The monoisotopic (exact) mass is 483 g/mol. The summed E-state index contributed by atoms with van der Waals surface area (Å²) < 4.78 is 0. The average Bonchev–Trinajstić information content (AvgIpc) is 2.72. The average molecular weight is 484 g/mol. The van der Waals surface area contributed by atoms with Gasteiger partial charge in [-0.25, -0.2) is 10.5 Å². The van der Waals surface area contributed by atoms with Gasteiger partial charge in [-0.05, 0) is 18.8 Å². The van der Waals surface area contributed by atoms with Gasteiger partial charge in [0.15, 0.2) is 0 Å². The van der Waals surface area contributed by atoms with Crippen LogP contribution in [0.2, 0.25) is 0 Å². The second kappa shape index (κ2) is 29.4. The standard InChI is InChI=1S/C10H20N.C10H16N.2CHNS.Cu/c2*1-2-3-4-5-10-6-8-11-9-7-10;2*2-1-3;/h10H,2-9H2,1H3;6-8H,2-5,9H2,1H3;2*3H;/q2*-1;;;/p-2. The third-order valence-corrected chi connectivity index (χ3v) is 4.53. The summed E-state index contributed by atoms with van der Waals surface area (Å²) in [6.45, 7) is 7.67. The van der Waals surface area contributed by atoms with Crippen LogP contribution in [0.25, 0.3) is 10.6 Å². The zero-order valence-electron chi connectivity index (χ0n) is 17.9. The molecule has 0 unspecified atom stereocenters. The summed E-state index contributed by atoms with van der Waals surface area (Å²) in [6, 6.07) is 0. The van der Waals surface area contributed by atoms with Crippen molar-refractivity contribution in [1.82, 2.24) is 0 Å². The first kappa shape index (κ1) is 32.8. The van der Waals surface area contributed by atoms with E-state index in [1.807, 2.05) is 6.20 Å². The predicted octanol–water partition coefficient (Wildman–Crippen LogP) is 6.77. The maximum Gasteiger partial charge on any atom is 0 e. The van der Waals surface area contributed by atoms with Crippen molar-refractivity contribution in [2.75, 3.05) is 19.6 Å². The molecular formula is C22H36CuN4S2-4. The van der Waals surface area contributed by atoms with Crippen molar-refractivity contribution in [3.8, 4) is 10.8 Å². The largest absolute Gasteiger partial charge is 0.696 e. The van der Waals surface area contributed by atoms with Crippen molar-refractivity contribution in [3.05, 3.63) is 34.6 Å². The normalized spacial score (nSPS) is 14.3. The minimum Gasteiger partial charge on any atom is -0.696 e. The number of hydrogen-bond donors (Lipinski definition) is 0. The van der Waals surface area contributed by atoms with Gasteiger partial charge in [-0.15, -0.1) is 19.6 Å². The molecule has 0 N–H and O–H groups in total. The van der Waals surface area contributed by atoms with Gasteiger partial charge in [-0.3, -0.25) is 0 Å². The van der Waals surface area contributed by atoms with Crippen LogP contribution in [-0.4, -0.2) is 19.6 Å². The van der Waals surface area contributed by atoms with Crippen LogP contribution < -0.4 is 0 Å². The number of allylic oxidation sites excluding steroid dienone is 2. The number of rotatable bonds is 8. The Labute approximate surface area is 201 Å². The van der Waals surface area contributed by atoms with Crippen LogP contribution in [0.5, 0.6) is 0 Å². The fraction of sp³-hybridized carbons (Fsp3) is 0.727. The van der Waals surface area contributed by atoms with Gasteiger partial charge in [0, 0.05) is 17.1 Å². The molecule has 7 heteroatoms. The molecule has 0 spiro atoms. The third kappa shape index (κ3) is 27.2. The van der Waals surface area contributed by atoms with Crippen molar-refractivity contribution in [3.63, 3.8) is 0 Å². The Kier molecular flexibility index (Phi) is 33.3. The van der Waals surface area contributed by atoms with Gasteiger partial charge >= 0.3 is 0 Å². The SMILES string of the molecule is CCCCCC1=CC[N-]C=C1.CCCCCC1CC[N-]CC1.N#C[S-].N#C[S-].[Cu]. The molecule has 0 aliphatic carbocycles. The van der Waals surface area contributed by atoms with E-state index in [9.17, 15) is 0 Å². The molecule has 2 aliphatic rings. The van der Waals surface area contributed by atoms with E-state index in [4.69, 9.17) is 10.5 Å². The first-order chi connectivity index (χ1) is 13.7. The summed E-state index contributed by atoms with van der Waals surface area (Å²) in [4.78, 5) is 0. The van der Waals surface area contributed by atoms with Gasteiger partial charge in [0.05, 0.1) is 0 Å². The second-order valence-electron chi connectivity index (χ2n) is 6.71. The molecule has 4 nitrogen and oxygen atoms in total. The van der Waals surface area contributed by atoms with Crippen LogP contribution in [0.1, 0.15) is 78.1 Å². The maximum atomic E-state index is 7.13. The van der Waals surface area contributed by atoms with Gasteiger partial charge in [-0.1, -0.05) is 93.7 Å². The molecular weight excluding hydrogens is 448 g/mol. The Morgan fingerprint density at radius 2 is 1.55 bits per heavy atom. The first-order valence-electron chi connectivity index (χ1n) is 10.4. The van der Waals surface area contributed by atoms with Crippen LogP contribution in [0.4, 0.5) is 0 Å². The van der Waals surface area contributed by atoms with Crippen molar-refractivity contribution < 1.29 is 17.1 Å². The van der Waals surface area contributed by atoms with Gasteiger partial charge in [0.25, 0.3) is 0 Å². The maximum absolute atomic E-state index is 7.13. The summed E-state index contributed by atoms with van der Waals surface area (Å²) in [5.74, 6) is 1.01. The predicted molar refractivity (Wildman–Crippen MR) is 126 cm³/mol. The van der Waals surface area contributed by atoms with Crippen molar-refractivity contribution >= 4 is 25.3 Å². The van der Waals surface area contributed by atoms with Crippen LogP contribution in [0.3, 0.4) is 0 Å². The van der Waals surface area contributed by atoms with E-state index in [1.54, 1.807) is 0 Å². The molecule has 0 aromatic carbocycles. The van der Waals surface area contributed by atoms with E-state index in [1.165, 1.54) is 80.6 Å². The summed E-state index contributed by atoms with van der Waals surface area (Å²) >= 11 is 7.40. The number of piperidine rings is 1. The third-order valence-electron chi connectivity index (χ3n) is 4.53. The minimum atomic E-state index is 0. The van der Waals surface area contributed by atoms with Crippen molar-refractivity contribution in [2.24, 2.45) is 5.92 Å². The van der Waals surface area contributed by atoms with E-state index in [0.717, 1.165) is 25.6 Å². The van der Waals surface area contributed by atoms with Crippen LogP contribution >= 0.6 is 0 Å². The molecule has 0 aromatic rings. The Morgan fingerprint density at radius 1 is 1.00 bits per heavy atom. The molecule has 0 atom stereocenters. The smallest absolute Gasteiger partial charge is 0 e. The second-order valence-corrected chi connectivity index (χ2v) is 7.07. The van der Waals surface area contributed by atoms with E-state index in [-0.39, 0.29) is 17.1 Å². The van der Waals surface area contributed by atoms with E-state index in [0.29, 0.717) is 0 Å². The topological polar surface area (TPSA) is 75.8 Å². The number of nitrogens with zero attached hydrogens (tertiary/aromatic N) is 4. The molecule has 2 aliphatic heterocycles. The fourth-order valence-electron chi connectivity index (χ4n) is 2.99. The summed E-state index contributed by atoms with van der Waals surface area (Å²) in [5.41, 5.74) is 1.47. The Balaban J connectivity index is -0.000000358. The van der Waals surface area contributed by atoms with Gasteiger partial charge in [0.2, 0.25) is 0 Å². The Hall–Kier alpha value is -0.821. The molecule has 0 saturated carbocycles. The number of thiocyanates is 2. The number of unbranched alkanes of at least 4 members (excludes halogenated alkanes) is 4. The zero-order chi connectivity index (χ0) is 21.3. The van der Waals surface area contributed by atoms with Crippen LogP contribution in [0.15, 0.2) is 23.9 Å². The summed E-state index contributed by atoms with van der Waals surface area (Å²) in [7, 11) is 0. The minimum absolute atomic E-state index is 0. The molecule has 1 radical (unpaired) electrons. The summed E-state index contributed by atoms with van der Waals surface area (Å²) in [6.07, 6.45) is 19.9. The van der Waals surface area contributed by atoms with Crippen molar-refractivity contribution in [2.45, 2.75) is 78.1 Å². The van der Waals surface area contributed by atoms with Gasteiger partial charge in [0.1, 0.15) is 0 Å². The zero-order valence-corrected chi connectivity index (χ0v) is 20.5. The van der Waals surface area contributed by atoms with E-state index < -0.39 is 0 Å². The molecule has 0 aromatic heterocycles. The molecule has 2 rings (SSSR count). The molecule has 0 bridgehead atoms. The Bertz CT molecular complexity index is 452. The number of nitriles is 2. The van der Waals surface area contributed by atoms with Crippen LogP contribution in [0, 0.1) is 27.2 Å². The van der Waals surface area contributed by atoms with E-state index >= 15 is 0 Å². The molecule has 171 valence electrons. The fourth-order valence-corrected chi connectivity index (χ4v) is 2.99.